The van der Waals surface area contributed by atoms with Gasteiger partial charge in [-0.25, -0.2) is 0 Å². The van der Waals surface area contributed by atoms with Crippen LogP contribution in [-0.4, -0.2) is 42.3 Å². The van der Waals surface area contributed by atoms with Gasteiger partial charge in [-0.15, -0.1) is 0 Å². The normalized spacial score (nSPS) is 16.5. The van der Waals surface area contributed by atoms with Crippen LogP contribution in [0.2, 0.25) is 0 Å². The largest absolute Gasteiger partial charge is 0.378 e. The maximum absolute atomic E-state index is 2.37. The van der Waals surface area contributed by atoms with Crippen LogP contribution >= 0.6 is 0 Å². The molecular weight excluding hydrogens is 284 g/mol. The Hall–Kier alpha value is -2.36. The topological polar surface area (TPSA) is 13.0 Å². The molecule has 0 amide bonds. The van der Waals surface area contributed by atoms with Crippen molar-refractivity contribution in [2.45, 2.75) is 6.17 Å². The Kier molecular flexibility index (Phi) is 3.84. The smallest absolute Gasteiger partial charge is 0.128 e. The molecule has 1 atom stereocenters. The second kappa shape index (κ2) is 5.69. The van der Waals surface area contributed by atoms with Gasteiger partial charge in [0.2, 0.25) is 0 Å². The highest BCUT2D eigenvalue weighted by Crippen LogP contribution is 2.49. The van der Waals surface area contributed by atoms with Gasteiger partial charge < -0.3 is 19.6 Å². The summed E-state index contributed by atoms with van der Waals surface area (Å²) < 4.78 is 0. The molecule has 0 saturated carbocycles. The van der Waals surface area contributed by atoms with Crippen molar-refractivity contribution < 1.29 is 0 Å². The van der Waals surface area contributed by atoms with E-state index in [1.807, 2.05) is 0 Å². The van der Waals surface area contributed by atoms with Crippen LogP contribution in [0.4, 0.5) is 22.7 Å². The van der Waals surface area contributed by atoms with E-state index in [1.54, 1.807) is 0 Å². The molecule has 1 heterocycles. The fourth-order valence-corrected chi connectivity index (χ4v) is 3.43. The van der Waals surface area contributed by atoms with Gasteiger partial charge in [-0.1, -0.05) is 18.2 Å². The number of para-hydroxylation sites is 1. The Morgan fingerprint density at radius 3 is 2.00 bits per heavy atom. The highest BCUT2D eigenvalue weighted by molar-refractivity contribution is 5.88. The van der Waals surface area contributed by atoms with Crippen LogP contribution < -0.4 is 19.6 Å². The summed E-state index contributed by atoms with van der Waals surface area (Å²) >= 11 is 0. The van der Waals surface area contributed by atoms with Gasteiger partial charge in [-0.3, -0.25) is 0 Å². The van der Waals surface area contributed by atoms with E-state index in [-0.39, 0.29) is 6.17 Å². The molecule has 0 aliphatic carbocycles. The summed E-state index contributed by atoms with van der Waals surface area (Å²) in [7, 11) is 12.7. The number of hydrogen-bond donors (Lipinski definition) is 0. The van der Waals surface area contributed by atoms with Crippen LogP contribution in [0, 0.1) is 0 Å². The third-order valence-corrected chi connectivity index (χ3v) is 4.65. The van der Waals surface area contributed by atoms with Gasteiger partial charge in [0.05, 0.1) is 17.1 Å². The van der Waals surface area contributed by atoms with Crippen LogP contribution in [0.1, 0.15) is 11.7 Å². The van der Waals surface area contributed by atoms with Crippen molar-refractivity contribution in [1.29, 1.82) is 0 Å². The SMILES string of the molecule is CN(C)c1ccc(C2N(C)c3cccc(N(C)C)c3N2C)cc1. The van der Waals surface area contributed by atoms with Crippen LogP contribution in [-0.2, 0) is 0 Å². The van der Waals surface area contributed by atoms with E-state index in [0.717, 1.165) is 0 Å². The number of anilines is 4. The lowest BCUT2D eigenvalue weighted by Gasteiger charge is -2.29. The summed E-state index contributed by atoms with van der Waals surface area (Å²) in [6.45, 7) is 0. The van der Waals surface area contributed by atoms with Crippen molar-refractivity contribution in [3.05, 3.63) is 48.0 Å². The highest BCUT2D eigenvalue weighted by Gasteiger charge is 2.34. The number of rotatable bonds is 3. The van der Waals surface area contributed by atoms with Gasteiger partial charge in [0.15, 0.2) is 0 Å². The number of benzene rings is 2. The average molecular weight is 310 g/mol. The first kappa shape index (κ1) is 15.5. The van der Waals surface area contributed by atoms with E-state index in [9.17, 15) is 0 Å². The highest BCUT2D eigenvalue weighted by atomic mass is 15.4. The molecule has 4 heteroatoms. The average Bonchev–Trinajstić information content (AvgIpc) is 2.79. The zero-order chi connectivity index (χ0) is 16.7. The molecule has 0 radical (unpaired) electrons. The second-order valence-electron chi connectivity index (χ2n) is 6.62. The maximum Gasteiger partial charge on any atom is 0.128 e. The molecule has 4 nitrogen and oxygen atoms in total. The van der Waals surface area contributed by atoms with Crippen LogP contribution in [0.25, 0.3) is 0 Å². The molecule has 0 saturated heterocycles. The monoisotopic (exact) mass is 310 g/mol. The van der Waals surface area contributed by atoms with Gasteiger partial charge in [-0.05, 0) is 29.8 Å². The Balaban J connectivity index is 2.01. The van der Waals surface area contributed by atoms with E-state index < -0.39 is 0 Å². The number of fused-ring (bicyclic) bond motifs is 1. The van der Waals surface area contributed by atoms with Gasteiger partial charge in [0, 0.05) is 48.0 Å². The molecule has 3 rings (SSSR count). The second-order valence-corrected chi connectivity index (χ2v) is 6.62. The fraction of sp³-hybridized carbons (Fsp3) is 0.368. The molecule has 2 aromatic rings. The van der Waals surface area contributed by atoms with Crippen molar-refractivity contribution in [3.8, 4) is 0 Å². The van der Waals surface area contributed by atoms with E-state index in [4.69, 9.17) is 0 Å². The minimum absolute atomic E-state index is 0.224. The summed E-state index contributed by atoms with van der Waals surface area (Å²) in [5, 5.41) is 0. The Bertz CT molecular complexity index is 691. The fourth-order valence-electron chi connectivity index (χ4n) is 3.43. The van der Waals surface area contributed by atoms with E-state index in [0.29, 0.717) is 0 Å². The summed E-state index contributed by atoms with van der Waals surface area (Å²) in [5.74, 6) is 0. The lowest BCUT2D eigenvalue weighted by atomic mass is 10.1. The molecular formula is C19H26N4. The lowest BCUT2D eigenvalue weighted by molar-refractivity contribution is 0.694. The van der Waals surface area contributed by atoms with Crippen molar-refractivity contribution in [2.75, 3.05) is 61.9 Å². The van der Waals surface area contributed by atoms with Gasteiger partial charge >= 0.3 is 0 Å². The Labute approximate surface area is 139 Å². The molecule has 2 aromatic carbocycles. The third-order valence-electron chi connectivity index (χ3n) is 4.65. The summed E-state index contributed by atoms with van der Waals surface area (Å²) in [6, 6.07) is 15.4. The quantitative estimate of drug-likeness (QED) is 0.861. The minimum atomic E-state index is 0.224. The molecule has 0 aromatic heterocycles. The zero-order valence-electron chi connectivity index (χ0n) is 14.9. The van der Waals surface area contributed by atoms with Crippen LogP contribution in [0.5, 0.6) is 0 Å². The Morgan fingerprint density at radius 2 is 1.43 bits per heavy atom. The van der Waals surface area contributed by atoms with Crippen LogP contribution in [0.15, 0.2) is 42.5 Å². The summed E-state index contributed by atoms with van der Waals surface area (Å²) in [6.07, 6.45) is 0.224. The molecule has 0 fully saturated rings. The van der Waals surface area contributed by atoms with Gasteiger partial charge in [0.25, 0.3) is 0 Å². The number of hydrogen-bond acceptors (Lipinski definition) is 4. The van der Waals surface area contributed by atoms with E-state index in [2.05, 4.69) is 104 Å². The Morgan fingerprint density at radius 1 is 0.783 bits per heavy atom. The summed E-state index contributed by atoms with van der Waals surface area (Å²) in [5.41, 5.74) is 6.36. The molecule has 0 N–H and O–H groups in total. The molecule has 0 spiro atoms. The molecule has 1 aliphatic rings. The molecule has 23 heavy (non-hydrogen) atoms. The zero-order valence-corrected chi connectivity index (χ0v) is 14.9. The molecule has 1 unspecified atom stereocenters. The van der Waals surface area contributed by atoms with Crippen LogP contribution in [0.3, 0.4) is 0 Å². The van der Waals surface area contributed by atoms with Crippen molar-refractivity contribution in [3.63, 3.8) is 0 Å². The van der Waals surface area contributed by atoms with E-state index in [1.165, 1.54) is 28.3 Å². The predicted molar refractivity (Wildman–Crippen MR) is 101 cm³/mol. The summed E-state index contributed by atoms with van der Waals surface area (Å²) in [4.78, 5) is 9.04. The van der Waals surface area contributed by atoms with Crippen molar-refractivity contribution in [2.24, 2.45) is 0 Å². The number of nitrogens with zero attached hydrogens (tertiary/aromatic N) is 4. The maximum atomic E-state index is 2.37. The van der Waals surface area contributed by atoms with Crippen molar-refractivity contribution in [1.82, 2.24) is 0 Å². The first-order valence-corrected chi connectivity index (χ1v) is 7.95. The van der Waals surface area contributed by atoms with Gasteiger partial charge in [0.1, 0.15) is 6.17 Å². The molecule has 0 bridgehead atoms. The third kappa shape index (κ3) is 2.48. The first-order valence-electron chi connectivity index (χ1n) is 7.95. The molecule has 122 valence electrons. The standard InChI is InChI=1S/C19H26N4/c1-20(2)15-12-10-14(11-13-15)19-22(5)17-9-7-8-16(21(3)4)18(17)23(19)6/h7-13,19H,1-6H3. The van der Waals surface area contributed by atoms with E-state index >= 15 is 0 Å². The van der Waals surface area contributed by atoms with Gasteiger partial charge in [-0.2, -0.15) is 0 Å². The molecule has 1 aliphatic heterocycles. The first-order chi connectivity index (χ1) is 10.9. The lowest BCUT2D eigenvalue weighted by Crippen LogP contribution is -2.30. The minimum Gasteiger partial charge on any atom is -0.378 e. The predicted octanol–water partition coefficient (Wildman–Crippen LogP) is 3.40. The van der Waals surface area contributed by atoms with Crippen molar-refractivity contribution >= 4 is 22.7 Å².